The van der Waals surface area contributed by atoms with E-state index in [1.807, 2.05) is 0 Å². The number of nitrogens with zero attached hydrogens (tertiary/aromatic N) is 1. The molecule has 0 spiro atoms. The molecule has 128 valence electrons. The second kappa shape index (κ2) is 7.81. The molecule has 0 unspecified atom stereocenters. The van der Waals surface area contributed by atoms with Crippen LogP contribution in [0.1, 0.15) is 30.4 Å². The van der Waals surface area contributed by atoms with Crippen molar-refractivity contribution in [1.29, 1.82) is 0 Å². The lowest BCUT2D eigenvalue weighted by Crippen LogP contribution is -2.35. The van der Waals surface area contributed by atoms with Gasteiger partial charge in [-0.3, -0.25) is 4.79 Å². The van der Waals surface area contributed by atoms with Crippen molar-refractivity contribution in [3.05, 3.63) is 35.4 Å². The van der Waals surface area contributed by atoms with Crippen LogP contribution in [0.15, 0.2) is 24.3 Å². The molecule has 0 saturated carbocycles. The third-order valence-corrected chi connectivity index (χ3v) is 4.27. The van der Waals surface area contributed by atoms with Crippen molar-refractivity contribution >= 4 is 5.91 Å². The highest BCUT2D eigenvalue weighted by molar-refractivity contribution is 5.78. The molecule has 0 aromatic heterocycles. The minimum Gasteiger partial charge on any atom is -0.356 e. The fourth-order valence-electron chi connectivity index (χ4n) is 3.11. The predicted octanol–water partition coefficient (Wildman–Crippen LogP) is 3.10. The second-order valence-corrected chi connectivity index (χ2v) is 6.24. The van der Waals surface area contributed by atoms with Crippen molar-refractivity contribution in [3.8, 4) is 0 Å². The highest BCUT2D eigenvalue weighted by Gasteiger charge is 2.33. The lowest BCUT2D eigenvalue weighted by atomic mass is 9.95. The lowest BCUT2D eigenvalue weighted by Gasteiger charge is -2.29. The fraction of sp³-hybridized carbons (Fsp3) is 0.588. The lowest BCUT2D eigenvalue weighted by molar-refractivity contribution is -0.138. The molecular weight excluding hydrogens is 305 g/mol. The molecule has 1 aromatic carbocycles. The van der Waals surface area contributed by atoms with E-state index < -0.39 is 11.7 Å². The van der Waals surface area contributed by atoms with Gasteiger partial charge in [-0.15, -0.1) is 0 Å². The summed E-state index contributed by atoms with van der Waals surface area (Å²) in [5.41, 5.74) is -0.709. The van der Waals surface area contributed by atoms with Crippen LogP contribution in [0.2, 0.25) is 0 Å². The van der Waals surface area contributed by atoms with Crippen molar-refractivity contribution in [3.63, 3.8) is 0 Å². The van der Waals surface area contributed by atoms with Crippen molar-refractivity contribution in [2.45, 2.75) is 31.9 Å². The Kier molecular flexibility index (Phi) is 6.04. The van der Waals surface area contributed by atoms with Crippen LogP contribution in [-0.4, -0.2) is 37.5 Å². The summed E-state index contributed by atoms with van der Waals surface area (Å²) in [6.07, 6.45) is -1.48. The summed E-state index contributed by atoms with van der Waals surface area (Å²) in [5, 5.41) is 2.75. The number of hydrogen-bond donors (Lipinski definition) is 1. The van der Waals surface area contributed by atoms with Gasteiger partial charge in [0, 0.05) is 13.1 Å². The molecule has 6 heteroatoms. The Hall–Kier alpha value is -1.56. The summed E-state index contributed by atoms with van der Waals surface area (Å²) in [6.45, 7) is 2.65. The van der Waals surface area contributed by atoms with E-state index in [0.717, 1.165) is 38.4 Å². The summed E-state index contributed by atoms with van der Waals surface area (Å²) in [6, 6.07) is 5.23. The van der Waals surface area contributed by atoms with Crippen molar-refractivity contribution < 1.29 is 18.0 Å². The minimum atomic E-state index is -4.43. The molecule has 1 N–H and O–H groups in total. The van der Waals surface area contributed by atoms with Gasteiger partial charge in [-0.1, -0.05) is 18.2 Å². The number of likely N-dealkylation sites (tertiary alicyclic amines) is 1. The second-order valence-electron chi connectivity index (χ2n) is 6.24. The number of carbonyl (C=O) groups is 1. The number of halogens is 3. The summed E-state index contributed by atoms with van der Waals surface area (Å²) in [5.74, 6) is 0.197. The molecule has 2 rings (SSSR count). The summed E-state index contributed by atoms with van der Waals surface area (Å²) in [7, 11) is 2.08. The predicted molar refractivity (Wildman–Crippen MR) is 83.0 cm³/mol. The van der Waals surface area contributed by atoms with Crippen LogP contribution in [0.4, 0.5) is 13.2 Å². The molecule has 1 aliphatic rings. The first-order valence-corrected chi connectivity index (χ1v) is 7.96. The monoisotopic (exact) mass is 328 g/mol. The first-order valence-electron chi connectivity index (χ1n) is 7.96. The van der Waals surface area contributed by atoms with Gasteiger partial charge >= 0.3 is 6.18 Å². The molecule has 0 bridgehead atoms. The van der Waals surface area contributed by atoms with Crippen LogP contribution >= 0.6 is 0 Å². The average Bonchev–Trinajstić information content (AvgIpc) is 2.47. The normalized spacial score (nSPS) is 19.6. The van der Waals surface area contributed by atoms with Crippen LogP contribution in [0.3, 0.4) is 0 Å². The molecule has 0 aliphatic carbocycles. The van der Waals surface area contributed by atoms with E-state index in [1.165, 1.54) is 18.2 Å². The van der Waals surface area contributed by atoms with Crippen molar-refractivity contribution in [2.24, 2.45) is 5.92 Å². The van der Waals surface area contributed by atoms with Gasteiger partial charge in [0.1, 0.15) is 0 Å². The van der Waals surface area contributed by atoms with Gasteiger partial charge in [0.15, 0.2) is 0 Å². The molecule has 1 aromatic rings. The van der Waals surface area contributed by atoms with Crippen molar-refractivity contribution in [2.75, 3.05) is 26.7 Å². The van der Waals surface area contributed by atoms with E-state index in [9.17, 15) is 18.0 Å². The van der Waals surface area contributed by atoms with Gasteiger partial charge in [0.05, 0.1) is 12.0 Å². The van der Waals surface area contributed by atoms with E-state index >= 15 is 0 Å². The van der Waals surface area contributed by atoms with E-state index in [0.29, 0.717) is 12.5 Å². The number of nitrogens with one attached hydrogen (secondary N) is 1. The zero-order valence-corrected chi connectivity index (χ0v) is 13.3. The van der Waals surface area contributed by atoms with E-state index in [1.54, 1.807) is 0 Å². The maximum atomic E-state index is 12.9. The first-order chi connectivity index (χ1) is 10.9. The molecule has 0 radical (unpaired) electrons. The number of amides is 1. The number of piperidine rings is 1. The Labute approximate surface area is 134 Å². The number of rotatable bonds is 5. The van der Waals surface area contributed by atoms with Gasteiger partial charge in [0.25, 0.3) is 0 Å². The molecule has 23 heavy (non-hydrogen) atoms. The molecule has 1 atom stereocenters. The van der Waals surface area contributed by atoms with Gasteiger partial charge in [-0.25, -0.2) is 0 Å². The van der Waals surface area contributed by atoms with Crippen molar-refractivity contribution in [1.82, 2.24) is 10.2 Å². The standard InChI is InChI=1S/C17H23F3N2O/c1-22-10-4-5-13(12-22)8-9-21-16(23)11-14-6-2-3-7-15(14)17(18,19)20/h2-3,6-7,13H,4-5,8-12H2,1H3,(H,21,23)/t13-/m0/s1. The van der Waals surface area contributed by atoms with Crippen LogP contribution in [-0.2, 0) is 17.4 Å². The topological polar surface area (TPSA) is 32.3 Å². The molecule has 1 saturated heterocycles. The first kappa shape index (κ1) is 17.8. The van der Waals surface area contributed by atoms with E-state index in [2.05, 4.69) is 17.3 Å². The number of hydrogen-bond acceptors (Lipinski definition) is 2. The Morgan fingerprint density at radius 1 is 1.35 bits per heavy atom. The van der Waals surface area contributed by atoms with Crippen LogP contribution in [0, 0.1) is 5.92 Å². The molecule has 1 heterocycles. The number of benzene rings is 1. The van der Waals surface area contributed by atoms with E-state index in [-0.39, 0.29) is 17.9 Å². The highest BCUT2D eigenvalue weighted by atomic mass is 19.4. The zero-order chi connectivity index (χ0) is 16.9. The average molecular weight is 328 g/mol. The molecular formula is C17H23F3N2O. The Balaban J connectivity index is 1.81. The summed E-state index contributed by atoms with van der Waals surface area (Å²) >= 11 is 0. The zero-order valence-electron chi connectivity index (χ0n) is 13.3. The molecule has 3 nitrogen and oxygen atoms in total. The SMILES string of the molecule is CN1CCC[C@@H](CCNC(=O)Cc2ccccc2C(F)(F)F)C1. The smallest absolute Gasteiger partial charge is 0.356 e. The summed E-state index contributed by atoms with van der Waals surface area (Å²) in [4.78, 5) is 14.2. The molecule has 1 amide bonds. The molecule has 1 fully saturated rings. The van der Waals surface area contributed by atoms with Crippen LogP contribution in [0.25, 0.3) is 0 Å². The van der Waals surface area contributed by atoms with Crippen LogP contribution < -0.4 is 5.32 Å². The fourth-order valence-corrected chi connectivity index (χ4v) is 3.11. The number of alkyl halides is 3. The van der Waals surface area contributed by atoms with Crippen LogP contribution in [0.5, 0.6) is 0 Å². The maximum Gasteiger partial charge on any atom is 0.416 e. The Bertz CT molecular complexity index is 531. The molecule has 1 aliphatic heterocycles. The van der Waals surface area contributed by atoms with E-state index in [4.69, 9.17) is 0 Å². The Morgan fingerprint density at radius 3 is 2.78 bits per heavy atom. The number of carbonyl (C=O) groups excluding carboxylic acids is 1. The quantitative estimate of drug-likeness (QED) is 0.901. The third kappa shape index (κ3) is 5.53. The largest absolute Gasteiger partial charge is 0.416 e. The van der Waals surface area contributed by atoms with Gasteiger partial charge < -0.3 is 10.2 Å². The van der Waals surface area contributed by atoms with Gasteiger partial charge in [-0.05, 0) is 50.4 Å². The third-order valence-electron chi connectivity index (χ3n) is 4.27. The van der Waals surface area contributed by atoms with Gasteiger partial charge in [-0.2, -0.15) is 13.2 Å². The van der Waals surface area contributed by atoms with Gasteiger partial charge in [0.2, 0.25) is 5.91 Å². The maximum absolute atomic E-state index is 12.9. The Morgan fingerprint density at radius 2 is 2.09 bits per heavy atom. The highest BCUT2D eigenvalue weighted by Crippen LogP contribution is 2.32. The minimum absolute atomic E-state index is 0.0231. The summed E-state index contributed by atoms with van der Waals surface area (Å²) < 4.78 is 38.7.